The zero-order valence-electron chi connectivity index (χ0n) is 12.7. The molecule has 0 aromatic heterocycles. The Labute approximate surface area is 133 Å². The molecule has 1 amide bonds. The summed E-state index contributed by atoms with van der Waals surface area (Å²) in [6.45, 7) is 4.12. The van der Waals surface area contributed by atoms with Crippen LogP contribution in [0.2, 0.25) is 0 Å². The second kappa shape index (κ2) is 8.37. The van der Waals surface area contributed by atoms with Crippen molar-refractivity contribution in [3.05, 3.63) is 35.4 Å². The molecule has 21 heavy (non-hydrogen) atoms. The summed E-state index contributed by atoms with van der Waals surface area (Å²) in [5, 5.41) is 0. The molecule has 1 unspecified atom stereocenters. The van der Waals surface area contributed by atoms with Gasteiger partial charge < -0.3 is 15.4 Å². The molecule has 5 heteroatoms. The van der Waals surface area contributed by atoms with Crippen molar-refractivity contribution in [3.63, 3.8) is 0 Å². The maximum atomic E-state index is 12.6. The first-order chi connectivity index (χ1) is 9.63. The minimum atomic E-state index is 0. The molecule has 0 radical (unpaired) electrons. The molecule has 2 rings (SSSR count). The Bertz CT molecular complexity index is 457. The average Bonchev–Trinajstić information content (AvgIpc) is 2.47. The highest BCUT2D eigenvalue weighted by atomic mass is 35.5. The average molecular weight is 313 g/mol. The minimum Gasteiger partial charge on any atom is -0.380 e. The van der Waals surface area contributed by atoms with Gasteiger partial charge in [-0.1, -0.05) is 18.2 Å². The second-order valence-corrected chi connectivity index (χ2v) is 5.58. The second-order valence-electron chi connectivity index (χ2n) is 5.58. The lowest BCUT2D eigenvalue weighted by Crippen LogP contribution is -2.42. The van der Waals surface area contributed by atoms with Gasteiger partial charge in [-0.15, -0.1) is 12.4 Å². The van der Waals surface area contributed by atoms with Crippen molar-refractivity contribution in [3.8, 4) is 0 Å². The number of amides is 1. The van der Waals surface area contributed by atoms with Gasteiger partial charge in [0.15, 0.2) is 0 Å². The number of carbonyl (C=O) groups is 1. The fourth-order valence-electron chi connectivity index (χ4n) is 2.81. The molecule has 0 bridgehead atoms. The van der Waals surface area contributed by atoms with E-state index >= 15 is 0 Å². The predicted octanol–water partition coefficient (Wildman–Crippen LogP) is 2.45. The molecule has 1 saturated heterocycles. The van der Waals surface area contributed by atoms with Gasteiger partial charge in [0, 0.05) is 31.8 Å². The number of rotatable bonds is 4. The van der Waals surface area contributed by atoms with E-state index in [2.05, 4.69) is 6.92 Å². The summed E-state index contributed by atoms with van der Waals surface area (Å²) in [5.74, 6) is 0.647. The lowest BCUT2D eigenvalue weighted by molar-refractivity contribution is 0.0676. The maximum absolute atomic E-state index is 12.6. The fourth-order valence-corrected chi connectivity index (χ4v) is 2.81. The molecule has 1 fully saturated rings. The summed E-state index contributed by atoms with van der Waals surface area (Å²) < 4.78 is 5.17. The van der Waals surface area contributed by atoms with Crippen molar-refractivity contribution in [2.45, 2.75) is 32.4 Å². The molecule has 0 spiro atoms. The van der Waals surface area contributed by atoms with E-state index in [0.717, 1.165) is 37.1 Å². The molecule has 0 aliphatic carbocycles. The molecule has 1 aromatic carbocycles. The topological polar surface area (TPSA) is 55.6 Å². The molecule has 2 N–H and O–H groups in total. The number of piperidine rings is 1. The van der Waals surface area contributed by atoms with E-state index in [0.29, 0.717) is 12.5 Å². The Morgan fingerprint density at radius 2 is 2.00 bits per heavy atom. The number of carbonyl (C=O) groups excluding carboxylic acids is 1. The van der Waals surface area contributed by atoms with Crippen LogP contribution in [0, 0.1) is 5.92 Å². The Balaban J connectivity index is 0.00000220. The molecular weight excluding hydrogens is 288 g/mol. The Hall–Kier alpha value is -1.10. The van der Waals surface area contributed by atoms with Crippen molar-refractivity contribution in [2.24, 2.45) is 11.7 Å². The van der Waals surface area contributed by atoms with Crippen LogP contribution < -0.4 is 5.73 Å². The number of nitrogens with two attached hydrogens (primary N) is 1. The van der Waals surface area contributed by atoms with Gasteiger partial charge in [-0.3, -0.25) is 4.79 Å². The predicted molar refractivity (Wildman–Crippen MR) is 86.7 cm³/mol. The van der Waals surface area contributed by atoms with E-state index < -0.39 is 0 Å². The van der Waals surface area contributed by atoms with E-state index in [1.165, 1.54) is 0 Å². The molecule has 118 valence electrons. The summed E-state index contributed by atoms with van der Waals surface area (Å²) in [6.07, 6.45) is 1.99. The highest BCUT2D eigenvalue weighted by Gasteiger charge is 2.26. The van der Waals surface area contributed by atoms with Gasteiger partial charge in [-0.05, 0) is 37.3 Å². The number of halogens is 1. The third kappa shape index (κ3) is 4.43. The van der Waals surface area contributed by atoms with E-state index in [1.54, 1.807) is 7.11 Å². The van der Waals surface area contributed by atoms with Gasteiger partial charge in [-0.25, -0.2) is 0 Å². The first-order valence-corrected chi connectivity index (χ1v) is 7.25. The third-order valence-electron chi connectivity index (χ3n) is 4.12. The number of benzene rings is 1. The quantitative estimate of drug-likeness (QED) is 0.929. The molecular formula is C16H25ClN2O2. The molecule has 1 aliphatic heterocycles. The molecule has 4 nitrogen and oxygen atoms in total. The summed E-state index contributed by atoms with van der Waals surface area (Å²) in [6, 6.07) is 7.89. The maximum Gasteiger partial charge on any atom is 0.254 e. The Morgan fingerprint density at radius 1 is 1.38 bits per heavy atom. The Morgan fingerprint density at radius 3 is 2.57 bits per heavy atom. The van der Waals surface area contributed by atoms with Crippen LogP contribution in [0.4, 0.5) is 0 Å². The zero-order chi connectivity index (χ0) is 14.5. The smallest absolute Gasteiger partial charge is 0.254 e. The summed E-state index contributed by atoms with van der Waals surface area (Å²) >= 11 is 0. The molecule has 1 atom stereocenters. The van der Waals surface area contributed by atoms with Crippen LogP contribution >= 0.6 is 12.4 Å². The summed E-state index contributed by atoms with van der Waals surface area (Å²) in [7, 11) is 1.65. The monoisotopic (exact) mass is 312 g/mol. The van der Waals surface area contributed by atoms with E-state index in [4.69, 9.17) is 10.5 Å². The van der Waals surface area contributed by atoms with Crippen molar-refractivity contribution in [1.82, 2.24) is 4.90 Å². The van der Waals surface area contributed by atoms with Crippen molar-refractivity contribution >= 4 is 18.3 Å². The molecule has 0 saturated carbocycles. The van der Waals surface area contributed by atoms with Crippen LogP contribution in [-0.2, 0) is 11.3 Å². The Kier molecular flexibility index (Phi) is 7.15. The van der Waals surface area contributed by atoms with Gasteiger partial charge in [0.25, 0.3) is 5.91 Å². The number of nitrogens with zero attached hydrogens (tertiary/aromatic N) is 1. The van der Waals surface area contributed by atoms with Gasteiger partial charge in [0.1, 0.15) is 0 Å². The van der Waals surface area contributed by atoms with E-state index in [9.17, 15) is 4.79 Å². The number of hydrogen-bond donors (Lipinski definition) is 1. The highest BCUT2D eigenvalue weighted by Crippen LogP contribution is 2.22. The molecule has 1 aromatic rings. The normalized spacial score (nSPS) is 17.2. The first-order valence-electron chi connectivity index (χ1n) is 7.25. The largest absolute Gasteiger partial charge is 0.380 e. The lowest BCUT2D eigenvalue weighted by Gasteiger charge is -2.34. The van der Waals surface area contributed by atoms with E-state index in [-0.39, 0.29) is 24.4 Å². The minimum absolute atomic E-state index is 0. The van der Waals surface area contributed by atoms with E-state index in [1.807, 2.05) is 29.2 Å². The molecule has 1 heterocycles. The lowest BCUT2D eigenvalue weighted by atomic mass is 9.90. The SMILES string of the molecule is COCc1ccccc1C(=O)N1CCC(C(C)N)CC1.Cl. The van der Waals surface area contributed by atoms with Crippen molar-refractivity contribution in [1.29, 1.82) is 0 Å². The van der Waals surface area contributed by atoms with Gasteiger partial charge in [0.2, 0.25) is 0 Å². The number of hydrogen-bond acceptors (Lipinski definition) is 3. The highest BCUT2D eigenvalue weighted by molar-refractivity contribution is 5.95. The van der Waals surface area contributed by atoms with Gasteiger partial charge in [-0.2, -0.15) is 0 Å². The van der Waals surface area contributed by atoms with Crippen molar-refractivity contribution in [2.75, 3.05) is 20.2 Å². The third-order valence-corrected chi connectivity index (χ3v) is 4.12. The first kappa shape index (κ1) is 18.0. The van der Waals surface area contributed by atoms with Crippen LogP contribution in [0.25, 0.3) is 0 Å². The number of methoxy groups -OCH3 is 1. The number of ether oxygens (including phenoxy) is 1. The molecule has 1 aliphatic rings. The fraction of sp³-hybridized carbons (Fsp3) is 0.562. The van der Waals surface area contributed by atoms with Crippen LogP contribution in [-0.4, -0.2) is 37.0 Å². The van der Waals surface area contributed by atoms with Crippen LogP contribution in [0.15, 0.2) is 24.3 Å². The van der Waals surface area contributed by atoms with Crippen LogP contribution in [0.1, 0.15) is 35.7 Å². The van der Waals surface area contributed by atoms with Gasteiger partial charge in [0.05, 0.1) is 6.61 Å². The van der Waals surface area contributed by atoms with Crippen LogP contribution in [0.5, 0.6) is 0 Å². The van der Waals surface area contributed by atoms with Gasteiger partial charge >= 0.3 is 0 Å². The van der Waals surface area contributed by atoms with Crippen LogP contribution in [0.3, 0.4) is 0 Å². The summed E-state index contributed by atoms with van der Waals surface area (Å²) in [5.41, 5.74) is 7.65. The number of likely N-dealkylation sites (tertiary alicyclic amines) is 1. The van der Waals surface area contributed by atoms with Crippen molar-refractivity contribution < 1.29 is 9.53 Å². The standard InChI is InChI=1S/C16H24N2O2.ClH/c1-12(17)13-7-9-18(10-8-13)16(19)15-6-4-3-5-14(15)11-20-2;/h3-6,12-13H,7-11,17H2,1-2H3;1H. The summed E-state index contributed by atoms with van der Waals surface area (Å²) in [4.78, 5) is 14.5. The zero-order valence-corrected chi connectivity index (χ0v) is 13.6.